The van der Waals surface area contributed by atoms with E-state index in [1.54, 1.807) is 6.07 Å². The molecule has 0 spiro atoms. The predicted octanol–water partition coefficient (Wildman–Crippen LogP) is 5.31. The van der Waals surface area contributed by atoms with Crippen LogP contribution in [0.2, 0.25) is 0 Å². The fourth-order valence-corrected chi connectivity index (χ4v) is 2.76. The predicted molar refractivity (Wildman–Crippen MR) is 102 cm³/mol. The summed E-state index contributed by atoms with van der Waals surface area (Å²) in [4.78, 5) is 12.7. The van der Waals surface area contributed by atoms with Crippen LogP contribution >= 0.6 is 0 Å². The molecule has 0 atom stereocenters. The summed E-state index contributed by atoms with van der Waals surface area (Å²) < 4.78 is 5.53. The number of para-hydroxylation sites is 1. The molecule has 3 aromatic carbocycles. The van der Waals surface area contributed by atoms with Crippen LogP contribution in [-0.2, 0) is 0 Å². The molecule has 25 heavy (non-hydrogen) atoms. The molecular weight excluding hydrogens is 310 g/mol. The van der Waals surface area contributed by atoms with E-state index in [9.17, 15) is 4.79 Å². The van der Waals surface area contributed by atoms with Crippen molar-refractivity contribution in [1.82, 2.24) is 0 Å². The van der Waals surface area contributed by atoms with Crippen LogP contribution in [-0.4, -0.2) is 12.5 Å². The summed E-state index contributed by atoms with van der Waals surface area (Å²) in [5, 5.41) is 3.02. The largest absolute Gasteiger partial charge is 0.494 e. The fraction of sp³-hybridized carbons (Fsp3) is 0.136. The van der Waals surface area contributed by atoms with E-state index in [2.05, 4.69) is 5.32 Å². The van der Waals surface area contributed by atoms with E-state index in [-0.39, 0.29) is 5.91 Å². The summed E-state index contributed by atoms with van der Waals surface area (Å²) in [6.07, 6.45) is 0. The van der Waals surface area contributed by atoms with Gasteiger partial charge in [0.2, 0.25) is 0 Å². The van der Waals surface area contributed by atoms with E-state index in [0.29, 0.717) is 12.2 Å². The Bertz CT molecular complexity index is 872. The van der Waals surface area contributed by atoms with Crippen molar-refractivity contribution in [2.45, 2.75) is 13.8 Å². The lowest BCUT2D eigenvalue weighted by Crippen LogP contribution is -2.13. The first-order chi connectivity index (χ1) is 12.2. The van der Waals surface area contributed by atoms with Crippen molar-refractivity contribution in [3.05, 3.63) is 83.9 Å². The van der Waals surface area contributed by atoms with Crippen LogP contribution in [0.1, 0.15) is 22.8 Å². The van der Waals surface area contributed by atoms with Gasteiger partial charge in [-0.25, -0.2) is 0 Å². The number of amides is 1. The highest BCUT2D eigenvalue weighted by Crippen LogP contribution is 2.28. The number of hydrogen-bond acceptors (Lipinski definition) is 2. The molecule has 0 aromatic heterocycles. The highest BCUT2D eigenvalue weighted by molar-refractivity contribution is 6.06. The van der Waals surface area contributed by atoms with Gasteiger partial charge in [0.1, 0.15) is 5.75 Å². The Morgan fingerprint density at radius 3 is 2.40 bits per heavy atom. The average Bonchev–Trinajstić information content (AvgIpc) is 2.64. The topological polar surface area (TPSA) is 38.3 Å². The van der Waals surface area contributed by atoms with Crippen molar-refractivity contribution in [2.75, 3.05) is 11.9 Å². The van der Waals surface area contributed by atoms with Gasteiger partial charge in [-0.2, -0.15) is 0 Å². The zero-order valence-corrected chi connectivity index (χ0v) is 14.5. The summed E-state index contributed by atoms with van der Waals surface area (Å²) in [5.74, 6) is 0.679. The third-order valence-corrected chi connectivity index (χ3v) is 4.00. The first-order valence-corrected chi connectivity index (χ1v) is 8.38. The highest BCUT2D eigenvalue weighted by atomic mass is 16.5. The van der Waals surface area contributed by atoms with E-state index in [0.717, 1.165) is 28.1 Å². The molecule has 3 nitrogen and oxygen atoms in total. The number of carbonyl (C=O) groups is 1. The van der Waals surface area contributed by atoms with Gasteiger partial charge in [0.15, 0.2) is 0 Å². The molecule has 0 aliphatic heterocycles. The van der Waals surface area contributed by atoms with Crippen LogP contribution in [0.5, 0.6) is 5.75 Å². The number of rotatable bonds is 5. The Balaban J connectivity index is 1.86. The van der Waals surface area contributed by atoms with Gasteiger partial charge in [-0.3, -0.25) is 4.79 Å². The fourth-order valence-electron chi connectivity index (χ4n) is 2.76. The van der Waals surface area contributed by atoms with E-state index in [4.69, 9.17) is 4.74 Å². The lowest BCUT2D eigenvalue weighted by Gasteiger charge is -2.13. The van der Waals surface area contributed by atoms with Crippen LogP contribution in [0.15, 0.2) is 72.8 Å². The van der Waals surface area contributed by atoms with E-state index < -0.39 is 0 Å². The standard InChI is InChI=1S/C22H21NO2/c1-3-25-21-14-13-18(15-16(21)2)22(24)23-20-12-8-7-11-19(20)17-9-5-4-6-10-17/h4-15H,3H2,1-2H3,(H,23,24). The maximum Gasteiger partial charge on any atom is 0.255 e. The van der Waals surface area contributed by atoms with Crippen molar-refractivity contribution >= 4 is 11.6 Å². The number of nitrogens with one attached hydrogen (secondary N) is 1. The molecule has 0 aliphatic carbocycles. The number of benzene rings is 3. The molecular formula is C22H21NO2. The molecule has 0 bridgehead atoms. The van der Waals surface area contributed by atoms with Crippen LogP contribution in [0.3, 0.4) is 0 Å². The van der Waals surface area contributed by atoms with Gasteiger partial charge < -0.3 is 10.1 Å². The Morgan fingerprint density at radius 1 is 0.960 bits per heavy atom. The van der Waals surface area contributed by atoms with Crippen molar-refractivity contribution < 1.29 is 9.53 Å². The number of ether oxygens (including phenoxy) is 1. The monoisotopic (exact) mass is 331 g/mol. The second kappa shape index (κ2) is 7.67. The Labute approximate surface area is 148 Å². The Hall–Kier alpha value is -3.07. The van der Waals surface area contributed by atoms with Gasteiger partial charge >= 0.3 is 0 Å². The second-order valence-electron chi connectivity index (χ2n) is 5.78. The van der Waals surface area contributed by atoms with Crippen molar-refractivity contribution in [2.24, 2.45) is 0 Å². The molecule has 0 heterocycles. The summed E-state index contributed by atoms with van der Waals surface area (Å²) in [6.45, 7) is 4.50. The van der Waals surface area contributed by atoms with Gasteiger partial charge in [0, 0.05) is 16.8 Å². The Morgan fingerprint density at radius 2 is 1.68 bits per heavy atom. The van der Waals surface area contributed by atoms with Gasteiger partial charge in [-0.15, -0.1) is 0 Å². The normalized spacial score (nSPS) is 10.3. The first-order valence-electron chi connectivity index (χ1n) is 8.38. The molecule has 3 rings (SSSR count). The van der Waals surface area contributed by atoms with Gasteiger partial charge in [0.25, 0.3) is 5.91 Å². The molecule has 1 amide bonds. The van der Waals surface area contributed by atoms with Gasteiger partial charge in [0.05, 0.1) is 6.61 Å². The minimum absolute atomic E-state index is 0.130. The number of carbonyl (C=O) groups excluding carboxylic acids is 1. The molecule has 0 fully saturated rings. The molecule has 0 unspecified atom stereocenters. The smallest absolute Gasteiger partial charge is 0.255 e. The van der Waals surface area contributed by atoms with Crippen molar-refractivity contribution in [3.8, 4) is 16.9 Å². The highest BCUT2D eigenvalue weighted by Gasteiger charge is 2.11. The first kappa shape index (κ1) is 16.8. The lowest BCUT2D eigenvalue weighted by molar-refractivity contribution is 0.102. The molecule has 0 radical (unpaired) electrons. The molecule has 3 aromatic rings. The molecule has 126 valence electrons. The average molecular weight is 331 g/mol. The maximum atomic E-state index is 12.7. The number of aryl methyl sites for hydroxylation is 1. The quantitative estimate of drug-likeness (QED) is 0.688. The van der Waals surface area contributed by atoms with Gasteiger partial charge in [-0.1, -0.05) is 48.5 Å². The summed E-state index contributed by atoms with van der Waals surface area (Å²) >= 11 is 0. The Kier molecular flexibility index (Phi) is 5.14. The SMILES string of the molecule is CCOc1ccc(C(=O)Nc2ccccc2-c2ccccc2)cc1C. The zero-order valence-electron chi connectivity index (χ0n) is 14.5. The van der Waals surface area contributed by atoms with Gasteiger partial charge in [-0.05, 0) is 49.2 Å². The summed E-state index contributed by atoms with van der Waals surface area (Å²) in [5.41, 5.74) is 4.43. The van der Waals surface area contributed by atoms with E-state index >= 15 is 0 Å². The second-order valence-corrected chi connectivity index (χ2v) is 5.78. The minimum atomic E-state index is -0.130. The van der Waals surface area contributed by atoms with Crippen molar-refractivity contribution in [1.29, 1.82) is 0 Å². The third-order valence-electron chi connectivity index (χ3n) is 4.00. The molecule has 0 aliphatic rings. The van der Waals surface area contributed by atoms with Crippen LogP contribution < -0.4 is 10.1 Å². The van der Waals surface area contributed by atoms with Crippen LogP contribution in [0.4, 0.5) is 5.69 Å². The maximum absolute atomic E-state index is 12.7. The van der Waals surface area contributed by atoms with Crippen molar-refractivity contribution in [3.63, 3.8) is 0 Å². The number of anilines is 1. The van der Waals surface area contributed by atoms with E-state index in [1.165, 1.54) is 0 Å². The molecule has 0 saturated heterocycles. The third kappa shape index (κ3) is 3.89. The molecule has 3 heteroatoms. The molecule has 0 saturated carbocycles. The molecule has 1 N–H and O–H groups in total. The zero-order chi connectivity index (χ0) is 17.6. The van der Waals surface area contributed by atoms with Crippen LogP contribution in [0.25, 0.3) is 11.1 Å². The summed E-state index contributed by atoms with van der Waals surface area (Å²) in [6, 6.07) is 23.3. The lowest BCUT2D eigenvalue weighted by atomic mass is 10.0. The van der Waals surface area contributed by atoms with E-state index in [1.807, 2.05) is 80.6 Å². The summed E-state index contributed by atoms with van der Waals surface area (Å²) in [7, 11) is 0. The number of hydrogen-bond donors (Lipinski definition) is 1. The van der Waals surface area contributed by atoms with Crippen LogP contribution in [0, 0.1) is 6.92 Å². The minimum Gasteiger partial charge on any atom is -0.494 e.